The van der Waals surface area contributed by atoms with Crippen molar-refractivity contribution in [1.82, 2.24) is 0 Å². The standard InChI is InChI=1S/C7H10N2S/c1-6(9-5-8)7-3-2-4-10-7/h2-4H,5,8H2,1H3. The van der Waals surface area contributed by atoms with E-state index in [1.807, 2.05) is 24.4 Å². The minimum absolute atomic E-state index is 0.379. The Morgan fingerprint density at radius 1 is 1.80 bits per heavy atom. The van der Waals surface area contributed by atoms with E-state index < -0.39 is 0 Å². The molecule has 0 aliphatic rings. The summed E-state index contributed by atoms with van der Waals surface area (Å²) >= 11 is 1.68. The molecule has 0 unspecified atom stereocenters. The zero-order valence-electron chi connectivity index (χ0n) is 5.87. The molecule has 2 N–H and O–H groups in total. The monoisotopic (exact) mass is 154 g/mol. The molecule has 2 nitrogen and oxygen atoms in total. The molecule has 54 valence electrons. The van der Waals surface area contributed by atoms with E-state index in [4.69, 9.17) is 5.73 Å². The minimum Gasteiger partial charge on any atom is -0.312 e. The molecule has 0 aromatic carbocycles. The van der Waals surface area contributed by atoms with Gasteiger partial charge in [0, 0.05) is 4.88 Å². The molecule has 1 rings (SSSR count). The molecule has 0 fully saturated rings. The number of hydrogen-bond acceptors (Lipinski definition) is 3. The highest BCUT2D eigenvalue weighted by Crippen LogP contribution is 2.09. The summed E-state index contributed by atoms with van der Waals surface area (Å²) in [7, 11) is 0. The lowest BCUT2D eigenvalue weighted by molar-refractivity contribution is 1.07. The zero-order valence-corrected chi connectivity index (χ0v) is 6.69. The van der Waals surface area contributed by atoms with Crippen molar-refractivity contribution in [2.24, 2.45) is 10.7 Å². The van der Waals surface area contributed by atoms with E-state index in [0.29, 0.717) is 6.67 Å². The van der Waals surface area contributed by atoms with E-state index >= 15 is 0 Å². The molecule has 0 radical (unpaired) electrons. The van der Waals surface area contributed by atoms with E-state index in [0.717, 1.165) is 5.71 Å². The van der Waals surface area contributed by atoms with Gasteiger partial charge in [0.15, 0.2) is 0 Å². The third-order valence-corrected chi connectivity index (χ3v) is 2.18. The van der Waals surface area contributed by atoms with Gasteiger partial charge >= 0.3 is 0 Å². The fourth-order valence-electron chi connectivity index (χ4n) is 0.699. The minimum atomic E-state index is 0.379. The van der Waals surface area contributed by atoms with Crippen molar-refractivity contribution in [2.45, 2.75) is 6.92 Å². The van der Waals surface area contributed by atoms with Crippen molar-refractivity contribution >= 4 is 17.0 Å². The second-order valence-electron chi connectivity index (χ2n) is 1.90. The fraction of sp³-hybridized carbons (Fsp3) is 0.286. The molecule has 0 spiro atoms. The Kier molecular flexibility index (Phi) is 2.59. The van der Waals surface area contributed by atoms with Gasteiger partial charge in [-0.1, -0.05) is 6.07 Å². The molecule has 0 aliphatic carbocycles. The molecule has 1 aromatic heterocycles. The van der Waals surface area contributed by atoms with Crippen molar-refractivity contribution in [3.8, 4) is 0 Å². The van der Waals surface area contributed by atoms with Gasteiger partial charge in [-0.25, -0.2) is 0 Å². The second-order valence-corrected chi connectivity index (χ2v) is 2.85. The normalized spacial score (nSPS) is 12.0. The summed E-state index contributed by atoms with van der Waals surface area (Å²) in [5.74, 6) is 0. The largest absolute Gasteiger partial charge is 0.312 e. The molecule has 1 heterocycles. The number of nitrogens with zero attached hydrogens (tertiary/aromatic N) is 1. The Morgan fingerprint density at radius 3 is 3.10 bits per heavy atom. The predicted octanol–water partition coefficient (Wildman–Crippen LogP) is 1.47. The van der Waals surface area contributed by atoms with E-state index in [-0.39, 0.29) is 0 Å². The van der Waals surface area contributed by atoms with Crippen LogP contribution >= 0.6 is 11.3 Å². The van der Waals surface area contributed by atoms with Gasteiger partial charge in [-0.15, -0.1) is 11.3 Å². The maximum atomic E-state index is 5.25. The van der Waals surface area contributed by atoms with Gasteiger partial charge in [-0.05, 0) is 18.4 Å². The van der Waals surface area contributed by atoms with Crippen LogP contribution in [0.1, 0.15) is 11.8 Å². The van der Waals surface area contributed by atoms with Crippen LogP contribution < -0.4 is 5.73 Å². The summed E-state index contributed by atoms with van der Waals surface area (Å²) in [6.07, 6.45) is 0. The smallest absolute Gasteiger partial charge is 0.0863 e. The van der Waals surface area contributed by atoms with Crippen molar-refractivity contribution in [3.63, 3.8) is 0 Å². The van der Waals surface area contributed by atoms with Crippen LogP contribution in [0.2, 0.25) is 0 Å². The Morgan fingerprint density at radius 2 is 2.60 bits per heavy atom. The lowest BCUT2D eigenvalue weighted by Crippen LogP contribution is -1.99. The SMILES string of the molecule is CC(=NCN)c1cccs1. The Bertz CT molecular complexity index is 214. The van der Waals surface area contributed by atoms with Gasteiger partial charge < -0.3 is 5.73 Å². The lowest BCUT2D eigenvalue weighted by Gasteiger charge is -1.92. The highest BCUT2D eigenvalue weighted by molar-refractivity contribution is 7.12. The quantitative estimate of drug-likeness (QED) is 0.644. The summed E-state index contributed by atoms with van der Waals surface area (Å²) in [6, 6.07) is 4.05. The predicted molar refractivity (Wildman–Crippen MR) is 45.6 cm³/mol. The molecule has 1 aromatic rings. The van der Waals surface area contributed by atoms with Crippen LogP contribution in [-0.2, 0) is 0 Å². The van der Waals surface area contributed by atoms with Crippen LogP contribution in [-0.4, -0.2) is 12.4 Å². The van der Waals surface area contributed by atoms with Crippen LogP contribution in [0, 0.1) is 0 Å². The highest BCUT2D eigenvalue weighted by Gasteiger charge is 1.94. The van der Waals surface area contributed by atoms with Crippen molar-refractivity contribution in [2.75, 3.05) is 6.67 Å². The van der Waals surface area contributed by atoms with E-state index in [2.05, 4.69) is 4.99 Å². The first-order chi connectivity index (χ1) is 4.84. The first kappa shape index (κ1) is 7.44. The molecule has 3 heteroatoms. The van der Waals surface area contributed by atoms with E-state index in [1.165, 1.54) is 4.88 Å². The van der Waals surface area contributed by atoms with Crippen LogP contribution in [0.5, 0.6) is 0 Å². The van der Waals surface area contributed by atoms with Crippen LogP contribution in [0.3, 0.4) is 0 Å². The number of aliphatic imine (C=N–C) groups is 1. The molecular formula is C7H10N2S. The first-order valence-electron chi connectivity index (χ1n) is 3.09. The van der Waals surface area contributed by atoms with Crippen molar-refractivity contribution in [3.05, 3.63) is 22.4 Å². The summed E-state index contributed by atoms with van der Waals surface area (Å²) in [5, 5.41) is 2.03. The average Bonchev–Trinajstić information content (AvgIpc) is 2.38. The lowest BCUT2D eigenvalue weighted by atomic mass is 10.3. The third kappa shape index (κ3) is 1.65. The summed E-state index contributed by atoms with van der Waals surface area (Å²) in [4.78, 5) is 5.27. The number of nitrogens with two attached hydrogens (primary N) is 1. The van der Waals surface area contributed by atoms with Crippen molar-refractivity contribution < 1.29 is 0 Å². The second kappa shape index (κ2) is 3.49. The summed E-state index contributed by atoms with van der Waals surface area (Å²) in [6.45, 7) is 2.35. The van der Waals surface area contributed by atoms with E-state index in [9.17, 15) is 0 Å². The average molecular weight is 154 g/mol. The molecule has 0 amide bonds. The molecule has 0 aliphatic heterocycles. The molecule has 0 saturated heterocycles. The van der Waals surface area contributed by atoms with Crippen LogP contribution in [0.4, 0.5) is 0 Å². The number of rotatable bonds is 2. The first-order valence-corrected chi connectivity index (χ1v) is 3.97. The highest BCUT2D eigenvalue weighted by atomic mass is 32.1. The maximum absolute atomic E-state index is 5.25. The van der Waals surface area contributed by atoms with Crippen LogP contribution in [0.25, 0.3) is 0 Å². The Balaban J connectivity index is 2.77. The summed E-state index contributed by atoms with van der Waals surface area (Å²) < 4.78 is 0. The number of hydrogen-bond donors (Lipinski definition) is 1. The molecule has 10 heavy (non-hydrogen) atoms. The molecule has 0 atom stereocenters. The summed E-state index contributed by atoms with van der Waals surface area (Å²) in [5.41, 5.74) is 6.28. The van der Waals surface area contributed by atoms with Gasteiger partial charge in [-0.3, -0.25) is 4.99 Å². The van der Waals surface area contributed by atoms with E-state index in [1.54, 1.807) is 11.3 Å². The van der Waals surface area contributed by atoms with Gasteiger partial charge in [0.25, 0.3) is 0 Å². The topological polar surface area (TPSA) is 38.4 Å². The third-order valence-electron chi connectivity index (χ3n) is 1.21. The Hall–Kier alpha value is -0.670. The van der Waals surface area contributed by atoms with Gasteiger partial charge in [0.05, 0.1) is 12.4 Å². The van der Waals surface area contributed by atoms with Gasteiger partial charge in [0.2, 0.25) is 0 Å². The van der Waals surface area contributed by atoms with Crippen LogP contribution in [0.15, 0.2) is 22.5 Å². The maximum Gasteiger partial charge on any atom is 0.0863 e. The number of thiophene rings is 1. The fourth-order valence-corrected chi connectivity index (χ4v) is 1.40. The molecular weight excluding hydrogens is 144 g/mol. The van der Waals surface area contributed by atoms with Gasteiger partial charge in [-0.2, -0.15) is 0 Å². The Labute approximate surface area is 64.4 Å². The van der Waals surface area contributed by atoms with Crippen molar-refractivity contribution in [1.29, 1.82) is 0 Å². The zero-order chi connectivity index (χ0) is 7.40. The van der Waals surface area contributed by atoms with Gasteiger partial charge in [0.1, 0.15) is 0 Å². The molecule has 0 saturated carbocycles. The molecule has 0 bridgehead atoms.